The van der Waals surface area contributed by atoms with Gasteiger partial charge in [0.25, 0.3) is 5.91 Å². The van der Waals surface area contributed by atoms with Gasteiger partial charge in [0.15, 0.2) is 0 Å². The molecular formula is C24H21N3OS. The molecule has 1 amide bonds. The van der Waals surface area contributed by atoms with Crippen molar-refractivity contribution >= 4 is 23.4 Å². The van der Waals surface area contributed by atoms with E-state index in [9.17, 15) is 10.1 Å². The topological polar surface area (TPSA) is 47.3 Å². The first kappa shape index (κ1) is 19.1. The molecule has 1 saturated heterocycles. The maximum Gasteiger partial charge on any atom is 0.255 e. The number of benzene rings is 3. The number of amides is 1. The monoisotopic (exact) mass is 399 g/mol. The SMILES string of the molecule is N#Cc1ccccc1Sc1ccccc1C(=O)N1CCN(c2ccccc2)CC1. The zero-order valence-corrected chi connectivity index (χ0v) is 16.8. The Hall–Kier alpha value is -3.23. The van der Waals surface area contributed by atoms with E-state index >= 15 is 0 Å². The molecule has 0 aromatic heterocycles. The molecule has 1 fully saturated rings. The lowest BCUT2D eigenvalue weighted by Crippen LogP contribution is -2.48. The Morgan fingerprint density at radius 2 is 1.41 bits per heavy atom. The summed E-state index contributed by atoms with van der Waals surface area (Å²) in [5.74, 6) is 0.0512. The summed E-state index contributed by atoms with van der Waals surface area (Å²) in [5.41, 5.74) is 2.51. The molecule has 0 saturated carbocycles. The van der Waals surface area contributed by atoms with Crippen molar-refractivity contribution in [3.63, 3.8) is 0 Å². The van der Waals surface area contributed by atoms with Crippen LogP contribution in [-0.2, 0) is 0 Å². The summed E-state index contributed by atoms with van der Waals surface area (Å²) in [6, 6.07) is 27.7. The zero-order chi connectivity index (χ0) is 20.1. The van der Waals surface area contributed by atoms with Gasteiger partial charge in [0.05, 0.1) is 11.1 Å². The van der Waals surface area contributed by atoms with Gasteiger partial charge in [-0.3, -0.25) is 4.79 Å². The number of nitriles is 1. The molecule has 5 heteroatoms. The molecule has 144 valence electrons. The number of carbonyl (C=O) groups excluding carboxylic acids is 1. The third kappa shape index (κ3) is 4.28. The minimum Gasteiger partial charge on any atom is -0.368 e. The first-order valence-electron chi connectivity index (χ1n) is 9.61. The summed E-state index contributed by atoms with van der Waals surface area (Å²) >= 11 is 1.47. The summed E-state index contributed by atoms with van der Waals surface area (Å²) in [4.78, 5) is 19.2. The highest BCUT2D eigenvalue weighted by atomic mass is 32.2. The number of anilines is 1. The molecule has 3 aromatic carbocycles. The van der Waals surface area contributed by atoms with Crippen LogP contribution in [0, 0.1) is 11.3 Å². The quantitative estimate of drug-likeness (QED) is 0.640. The first-order chi connectivity index (χ1) is 14.3. The Bertz CT molecular complexity index is 1040. The molecule has 0 bridgehead atoms. The minimum atomic E-state index is 0.0512. The predicted molar refractivity (Wildman–Crippen MR) is 116 cm³/mol. The first-order valence-corrected chi connectivity index (χ1v) is 10.4. The van der Waals surface area contributed by atoms with Gasteiger partial charge < -0.3 is 9.80 Å². The van der Waals surface area contributed by atoms with Gasteiger partial charge in [0.1, 0.15) is 6.07 Å². The van der Waals surface area contributed by atoms with Gasteiger partial charge >= 0.3 is 0 Å². The lowest BCUT2D eigenvalue weighted by molar-refractivity contribution is 0.0743. The molecule has 4 nitrogen and oxygen atoms in total. The van der Waals surface area contributed by atoms with Crippen molar-refractivity contribution in [3.05, 3.63) is 90.0 Å². The van der Waals surface area contributed by atoms with Crippen molar-refractivity contribution in [2.24, 2.45) is 0 Å². The largest absolute Gasteiger partial charge is 0.368 e. The Balaban J connectivity index is 1.49. The van der Waals surface area contributed by atoms with E-state index in [4.69, 9.17) is 0 Å². The molecule has 1 aliphatic rings. The highest BCUT2D eigenvalue weighted by Gasteiger charge is 2.24. The van der Waals surface area contributed by atoms with E-state index in [1.54, 1.807) is 6.07 Å². The Labute approximate surface area is 175 Å². The van der Waals surface area contributed by atoms with Crippen molar-refractivity contribution in [2.75, 3.05) is 31.1 Å². The average molecular weight is 400 g/mol. The molecule has 1 aliphatic heterocycles. The lowest BCUT2D eigenvalue weighted by atomic mass is 10.1. The van der Waals surface area contributed by atoms with E-state index < -0.39 is 0 Å². The molecule has 0 unspecified atom stereocenters. The van der Waals surface area contributed by atoms with Crippen LogP contribution < -0.4 is 4.90 Å². The fourth-order valence-electron chi connectivity index (χ4n) is 3.48. The summed E-state index contributed by atoms with van der Waals surface area (Å²) in [5, 5.41) is 9.35. The Morgan fingerprint density at radius 1 is 0.793 bits per heavy atom. The van der Waals surface area contributed by atoms with Gasteiger partial charge in [-0.15, -0.1) is 0 Å². The van der Waals surface area contributed by atoms with Crippen molar-refractivity contribution in [1.82, 2.24) is 4.90 Å². The number of piperazine rings is 1. The van der Waals surface area contributed by atoms with Crippen LogP contribution in [0.4, 0.5) is 5.69 Å². The average Bonchev–Trinajstić information content (AvgIpc) is 2.80. The number of hydrogen-bond acceptors (Lipinski definition) is 4. The summed E-state index contributed by atoms with van der Waals surface area (Å²) in [7, 11) is 0. The second kappa shape index (κ2) is 8.85. The normalized spacial score (nSPS) is 13.8. The molecule has 0 atom stereocenters. The molecule has 1 heterocycles. The Kier molecular flexibility index (Phi) is 5.83. The van der Waals surface area contributed by atoms with Crippen LogP contribution in [0.1, 0.15) is 15.9 Å². The number of rotatable bonds is 4. The van der Waals surface area contributed by atoms with Crippen molar-refractivity contribution in [3.8, 4) is 6.07 Å². The van der Waals surface area contributed by atoms with Crippen LogP contribution in [-0.4, -0.2) is 37.0 Å². The van der Waals surface area contributed by atoms with Crippen LogP contribution in [0.5, 0.6) is 0 Å². The van der Waals surface area contributed by atoms with Crippen LogP contribution in [0.25, 0.3) is 0 Å². The number of carbonyl (C=O) groups is 1. The van der Waals surface area contributed by atoms with E-state index in [-0.39, 0.29) is 5.91 Å². The van der Waals surface area contributed by atoms with Crippen molar-refractivity contribution < 1.29 is 4.79 Å². The summed E-state index contributed by atoms with van der Waals surface area (Å²) in [6.07, 6.45) is 0. The van der Waals surface area contributed by atoms with E-state index in [0.29, 0.717) is 24.2 Å². The van der Waals surface area contributed by atoms with E-state index in [1.807, 2.05) is 65.6 Å². The fourth-order valence-corrected chi connectivity index (χ4v) is 4.49. The van der Waals surface area contributed by atoms with Crippen LogP contribution in [0.2, 0.25) is 0 Å². The van der Waals surface area contributed by atoms with Gasteiger partial charge in [-0.2, -0.15) is 5.26 Å². The second-order valence-corrected chi connectivity index (χ2v) is 7.90. The predicted octanol–water partition coefficient (Wildman–Crippen LogP) is 4.67. The zero-order valence-electron chi connectivity index (χ0n) is 16.0. The highest BCUT2D eigenvalue weighted by Crippen LogP contribution is 2.33. The third-order valence-electron chi connectivity index (χ3n) is 5.03. The van der Waals surface area contributed by atoms with Gasteiger partial charge in [-0.05, 0) is 36.4 Å². The number of hydrogen-bond donors (Lipinski definition) is 0. The van der Waals surface area contributed by atoms with Gasteiger partial charge in [-0.25, -0.2) is 0 Å². The van der Waals surface area contributed by atoms with Gasteiger partial charge in [0.2, 0.25) is 0 Å². The van der Waals surface area contributed by atoms with Gasteiger partial charge in [0, 0.05) is 41.7 Å². The summed E-state index contributed by atoms with van der Waals surface area (Å²) in [6.45, 7) is 3.04. The minimum absolute atomic E-state index is 0.0512. The van der Waals surface area contributed by atoms with Crippen LogP contribution in [0.15, 0.2) is 88.7 Å². The Morgan fingerprint density at radius 3 is 2.14 bits per heavy atom. The molecule has 0 spiro atoms. The molecule has 0 aliphatic carbocycles. The van der Waals surface area contributed by atoms with E-state index in [2.05, 4.69) is 23.1 Å². The molecule has 29 heavy (non-hydrogen) atoms. The molecule has 0 N–H and O–H groups in total. The number of para-hydroxylation sites is 1. The van der Waals surface area contributed by atoms with Gasteiger partial charge in [-0.1, -0.05) is 54.2 Å². The van der Waals surface area contributed by atoms with Crippen molar-refractivity contribution in [2.45, 2.75) is 9.79 Å². The molecule has 0 radical (unpaired) electrons. The standard InChI is InChI=1S/C24H21N3OS/c25-18-19-8-4-6-12-22(19)29-23-13-7-5-11-21(23)24(28)27-16-14-26(15-17-27)20-9-2-1-3-10-20/h1-13H,14-17H2. The summed E-state index contributed by atoms with van der Waals surface area (Å²) < 4.78 is 0. The molecular weight excluding hydrogens is 378 g/mol. The fraction of sp³-hybridized carbons (Fsp3) is 0.167. The molecule has 3 aromatic rings. The van der Waals surface area contributed by atoms with E-state index in [1.165, 1.54) is 17.4 Å². The van der Waals surface area contributed by atoms with Crippen molar-refractivity contribution in [1.29, 1.82) is 5.26 Å². The maximum atomic E-state index is 13.2. The second-order valence-electron chi connectivity index (χ2n) is 6.82. The maximum absolute atomic E-state index is 13.2. The lowest BCUT2D eigenvalue weighted by Gasteiger charge is -2.36. The van der Waals surface area contributed by atoms with Crippen LogP contribution in [0.3, 0.4) is 0 Å². The van der Waals surface area contributed by atoms with Crippen LogP contribution >= 0.6 is 11.8 Å². The third-order valence-corrected chi connectivity index (χ3v) is 6.18. The molecule has 4 rings (SSSR count). The van der Waals surface area contributed by atoms with E-state index in [0.717, 1.165) is 22.9 Å². The highest BCUT2D eigenvalue weighted by molar-refractivity contribution is 7.99. The number of nitrogens with zero attached hydrogens (tertiary/aromatic N) is 3. The smallest absolute Gasteiger partial charge is 0.255 e.